The number of para-hydroxylation sites is 2. The third-order valence-electron chi connectivity index (χ3n) is 5.61. The number of anilines is 4. The maximum absolute atomic E-state index is 12.9. The van der Waals surface area contributed by atoms with E-state index in [-0.39, 0.29) is 5.91 Å². The highest BCUT2D eigenvalue weighted by molar-refractivity contribution is 7.92. The average Bonchev–Trinajstić information content (AvgIpc) is 2.76. The van der Waals surface area contributed by atoms with Crippen LogP contribution < -0.4 is 19.8 Å². The Morgan fingerprint density at radius 2 is 1.64 bits per heavy atom. The number of piperazine rings is 1. The number of carbonyl (C=O) groups is 1. The molecule has 0 bridgehead atoms. The van der Waals surface area contributed by atoms with Crippen LogP contribution in [0.5, 0.6) is 0 Å². The first-order valence-electron chi connectivity index (χ1n) is 11.3. The average molecular weight is 474 g/mol. The molecule has 1 aliphatic rings. The van der Waals surface area contributed by atoms with Crippen LogP contribution in [0.1, 0.15) is 29.3 Å². The summed E-state index contributed by atoms with van der Waals surface area (Å²) in [6.07, 6.45) is 2.12. The molecule has 1 fully saturated rings. The highest BCUT2D eigenvalue weighted by Gasteiger charge is 2.25. The lowest BCUT2D eigenvalue weighted by Crippen LogP contribution is -2.47. The monoisotopic (exact) mass is 473 g/mol. The van der Waals surface area contributed by atoms with E-state index in [1.807, 2.05) is 31.2 Å². The standard InChI is InChI=1S/C24H35N5O3S/c1-6-11-25-23-19(24(30)27(3)4)16-18(2)17-22(23)29-14-12-28(13-15-29)21-10-8-7-9-20(21)26-33(5,31)32/h7-10,16-17,25-26H,6,11-15H2,1-5H3. The van der Waals surface area contributed by atoms with Crippen LogP contribution in [0.2, 0.25) is 0 Å². The molecule has 2 N–H and O–H groups in total. The van der Waals surface area contributed by atoms with Gasteiger partial charge in [-0.1, -0.05) is 19.1 Å². The van der Waals surface area contributed by atoms with Gasteiger partial charge in [0, 0.05) is 46.8 Å². The van der Waals surface area contributed by atoms with Crippen molar-refractivity contribution in [1.82, 2.24) is 4.90 Å². The first-order valence-corrected chi connectivity index (χ1v) is 13.2. The topological polar surface area (TPSA) is 85.0 Å². The molecule has 0 aliphatic carbocycles. The Hall–Kier alpha value is -2.94. The first kappa shape index (κ1) is 24.7. The number of aryl methyl sites for hydroxylation is 1. The number of rotatable bonds is 8. The summed E-state index contributed by atoms with van der Waals surface area (Å²) in [6.45, 7) is 7.90. The number of amides is 1. The quantitative estimate of drug-likeness (QED) is 0.612. The maximum atomic E-state index is 12.9. The smallest absolute Gasteiger partial charge is 0.255 e. The summed E-state index contributed by atoms with van der Waals surface area (Å²) in [5, 5.41) is 3.49. The van der Waals surface area contributed by atoms with Crippen molar-refractivity contribution in [1.29, 1.82) is 0 Å². The van der Waals surface area contributed by atoms with Crippen molar-refractivity contribution in [3.8, 4) is 0 Å². The molecule has 1 amide bonds. The van der Waals surface area contributed by atoms with Crippen molar-refractivity contribution in [3.63, 3.8) is 0 Å². The molecule has 1 heterocycles. The van der Waals surface area contributed by atoms with Crippen LogP contribution in [0.3, 0.4) is 0 Å². The fraction of sp³-hybridized carbons (Fsp3) is 0.458. The number of nitrogens with one attached hydrogen (secondary N) is 2. The predicted molar refractivity (Wildman–Crippen MR) is 137 cm³/mol. The molecular weight excluding hydrogens is 438 g/mol. The van der Waals surface area contributed by atoms with Gasteiger partial charge in [-0.05, 0) is 43.2 Å². The fourth-order valence-corrected chi connectivity index (χ4v) is 4.66. The largest absolute Gasteiger partial charge is 0.383 e. The van der Waals surface area contributed by atoms with Crippen LogP contribution in [0.4, 0.5) is 22.7 Å². The van der Waals surface area contributed by atoms with Crippen LogP contribution >= 0.6 is 0 Å². The zero-order valence-electron chi connectivity index (χ0n) is 20.2. The SMILES string of the molecule is CCCNc1c(C(=O)N(C)C)cc(C)cc1N1CCN(c2ccccc2NS(C)(=O)=O)CC1. The van der Waals surface area contributed by atoms with Gasteiger partial charge in [-0.15, -0.1) is 0 Å². The molecular formula is C24H35N5O3S. The first-order chi connectivity index (χ1) is 15.6. The van der Waals surface area contributed by atoms with Gasteiger partial charge in [0.25, 0.3) is 5.91 Å². The van der Waals surface area contributed by atoms with E-state index in [4.69, 9.17) is 0 Å². The molecule has 0 unspecified atom stereocenters. The van der Waals surface area contributed by atoms with Crippen LogP contribution in [-0.2, 0) is 10.0 Å². The summed E-state index contributed by atoms with van der Waals surface area (Å²) in [6, 6.07) is 11.6. The molecule has 1 saturated heterocycles. The molecule has 180 valence electrons. The summed E-state index contributed by atoms with van der Waals surface area (Å²) < 4.78 is 26.2. The molecule has 33 heavy (non-hydrogen) atoms. The van der Waals surface area contributed by atoms with Crippen LogP contribution in [0, 0.1) is 6.92 Å². The molecule has 2 aromatic carbocycles. The van der Waals surface area contributed by atoms with E-state index in [0.29, 0.717) is 11.3 Å². The lowest BCUT2D eigenvalue weighted by atomic mass is 10.0. The number of hydrogen-bond donors (Lipinski definition) is 2. The molecule has 0 aromatic heterocycles. The van der Waals surface area contributed by atoms with E-state index in [1.54, 1.807) is 25.1 Å². The fourth-order valence-electron chi connectivity index (χ4n) is 4.09. The normalized spacial score (nSPS) is 14.2. The second kappa shape index (κ2) is 10.3. The molecule has 0 spiro atoms. The molecule has 3 rings (SSSR count). The van der Waals surface area contributed by atoms with Gasteiger partial charge in [0.2, 0.25) is 10.0 Å². The lowest BCUT2D eigenvalue weighted by Gasteiger charge is -2.39. The van der Waals surface area contributed by atoms with E-state index in [1.165, 1.54) is 0 Å². The number of sulfonamides is 1. The minimum absolute atomic E-state index is 0.0158. The molecule has 0 atom stereocenters. The molecule has 0 radical (unpaired) electrons. The Bertz CT molecular complexity index is 1090. The van der Waals surface area contributed by atoms with Crippen molar-refractivity contribution in [2.24, 2.45) is 0 Å². The Balaban J connectivity index is 1.87. The zero-order chi connectivity index (χ0) is 24.2. The van der Waals surface area contributed by atoms with E-state index in [2.05, 4.69) is 32.8 Å². The van der Waals surface area contributed by atoms with E-state index >= 15 is 0 Å². The molecule has 2 aromatic rings. The number of carbonyl (C=O) groups excluding carboxylic acids is 1. The minimum Gasteiger partial charge on any atom is -0.383 e. The Kier molecular flexibility index (Phi) is 7.73. The second-order valence-electron chi connectivity index (χ2n) is 8.70. The van der Waals surface area contributed by atoms with E-state index in [0.717, 1.165) is 68.0 Å². The van der Waals surface area contributed by atoms with Gasteiger partial charge in [-0.25, -0.2) is 8.42 Å². The zero-order valence-corrected chi connectivity index (χ0v) is 21.0. The molecule has 9 heteroatoms. The van der Waals surface area contributed by atoms with Crippen molar-refractivity contribution >= 4 is 38.7 Å². The van der Waals surface area contributed by atoms with Gasteiger partial charge in [0.05, 0.1) is 34.6 Å². The summed E-state index contributed by atoms with van der Waals surface area (Å²) in [5.41, 5.74) is 5.12. The summed E-state index contributed by atoms with van der Waals surface area (Å²) >= 11 is 0. The van der Waals surface area contributed by atoms with Gasteiger partial charge in [0.15, 0.2) is 0 Å². The van der Waals surface area contributed by atoms with Gasteiger partial charge in [-0.3, -0.25) is 9.52 Å². The summed E-state index contributed by atoms with van der Waals surface area (Å²) in [7, 11) is 0.182. The third kappa shape index (κ3) is 6.10. The summed E-state index contributed by atoms with van der Waals surface area (Å²) in [5.74, 6) is -0.0158. The van der Waals surface area contributed by atoms with Gasteiger partial charge < -0.3 is 20.0 Å². The Morgan fingerprint density at radius 1 is 1.03 bits per heavy atom. The lowest BCUT2D eigenvalue weighted by molar-refractivity contribution is 0.0828. The highest BCUT2D eigenvalue weighted by atomic mass is 32.2. The van der Waals surface area contributed by atoms with Crippen molar-refractivity contribution in [2.75, 3.05) is 72.9 Å². The maximum Gasteiger partial charge on any atom is 0.255 e. The molecule has 0 saturated carbocycles. The van der Waals surface area contributed by atoms with Crippen LogP contribution in [0.25, 0.3) is 0 Å². The number of nitrogens with zero attached hydrogens (tertiary/aromatic N) is 3. The number of hydrogen-bond acceptors (Lipinski definition) is 6. The van der Waals surface area contributed by atoms with E-state index < -0.39 is 10.0 Å². The summed E-state index contributed by atoms with van der Waals surface area (Å²) in [4.78, 5) is 19.0. The second-order valence-corrected chi connectivity index (χ2v) is 10.4. The third-order valence-corrected chi connectivity index (χ3v) is 6.20. The van der Waals surface area contributed by atoms with Gasteiger partial charge >= 0.3 is 0 Å². The Labute approximate surface area is 197 Å². The number of benzene rings is 2. The van der Waals surface area contributed by atoms with Crippen LogP contribution in [0.15, 0.2) is 36.4 Å². The van der Waals surface area contributed by atoms with Crippen molar-refractivity contribution < 1.29 is 13.2 Å². The van der Waals surface area contributed by atoms with Gasteiger partial charge in [-0.2, -0.15) is 0 Å². The Morgan fingerprint density at radius 3 is 2.21 bits per heavy atom. The van der Waals surface area contributed by atoms with Crippen LogP contribution in [-0.4, -0.2) is 72.3 Å². The van der Waals surface area contributed by atoms with Gasteiger partial charge in [0.1, 0.15) is 0 Å². The van der Waals surface area contributed by atoms with E-state index in [9.17, 15) is 13.2 Å². The predicted octanol–water partition coefficient (Wildman–Crippen LogP) is 3.22. The van der Waals surface area contributed by atoms with Crippen molar-refractivity contribution in [3.05, 3.63) is 47.5 Å². The highest BCUT2D eigenvalue weighted by Crippen LogP contribution is 2.34. The minimum atomic E-state index is -3.36. The van der Waals surface area contributed by atoms with Crippen molar-refractivity contribution in [2.45, 2.75) is 20.3 Å². The molecule has 8 nitrogen and oxygen atoms in total. The molecule has 1 aliphatic heterocycles.